The van der Waals surface area contributed by atoms with E-state index in [2.05, 4.69) is 0 Å². The Morgan fingerprint density at radius 2 is 1.80 bits per heavy atom. The Bertz CT molecular complexity index is 950. The maximum atomic E-state index is 13.5. The van der Waals surface area contributed by atoms with Crippen LogP contribution < -0.4 is 0 Å². The van der Waals surface area contributed by atoms with E-state index in [1.807, 2.05) is 42.2 Å². The van der Waals surface area contributed by atoms with Crippen LogP contribution in [-0.2, 0) is 20.9 Å². The first-order valence-electron chi connectivity index (χ1n) is 10.4. The van der Waals surface area contributed by atoms with Crippen molar-refractivity contribution in [2.24, 2.45) is 0 Å². The third-order valence-electron chi connectivity index (χ3n) is 5.60. The van der Waals surface area contributed by atoms with E-state index >= 15 is 0 Å². The lowest BCUT2D eigenvalue weighted by atomic mass is 10.0. The number of imide groups is 1. The molecule has 1 atom stereocenters. The number of halogens is 1. The summed E-state index contributed by atoms with van der Waals surface area (Å²) in [6, 6.07) is 17.1. The molecule has 2 aliphatic heterocycles. The summed E-state index contributed by atoms with van der Waals surface area (Å²) in [6.07, 6.45) is 1.73. The highest BCUT2D eigenvalue weighted by Gasteiger charge is 2.42. The van der Waals surface area contributed by atoms with Gasteiger partial charge in [0.15, 0.2) is 0 Å². The van der Waals surface area contributed by atoms with Crippen LogP contribution in [0.5, 0.6) is 0 Å². The summed E-state index contributed by atoms with van der Waals surface area (Å²) < 4.78 is 5.69. The fraction of sp³-hybridized carbons (Fsp3) is 0.333. The standard InChI is InChI=1S/C24H25ClN2O3/c1-2-26(15-17-7-4-3-5-8-17)22-21(18-10-12-19(25)13-11-18)23(28)27(24(22)29)16-20-9-6-14-30-20/h3-5,7-8,10-13,20H,2,6,9,14-16H2,1H3. The van der Waals surface area contributed by atoms with Crippen molar-refractivity contribution in [2.75, 3.05) is 19.7 Å². The van der Waals surface area contributed by atoms with Gasteiger partial charge in [-0.2, -0.15) is 0 Å². The summed E-state index contributed by atoms with van der Waals surface area (Å²) in [5, 5.41) is 0.588. The normalized spacial score (nSPS) is 19.1. The highest BCUT2D eigenvalue weighted by atomic mass is 35.5. The first-order valence-corrected chi connectivity index (χ1v) is 10.7. The van der Waals surface area contributed by atoms with Crippen LogP contribution in [0.4, 0.5) is 0 Å². The minimum absolute atomic E-state index is 0.0899. The Kier molecular flexibility index (Phi) is 6.21. The molecule has 1 saturated heterocycles. The van der Waals surface area contributed by atoms with Gasteiger partial charge in [-0.3, -0.25) is 14.5 Å². The van der Waals surface area contributed by atoms with Crippen LogP contribution in [-0.4, -0.2) is 47.4 Å². The van der Waals surface area contributed by atoms with Crippen molar-refractivity contribution in [1.82, 2.24) is 9.80 Å². The quantitative estimate of drug-likeness (QED) is 0.627. The number of ether oxygens (including phenoxy) is 1. The fourth-order valence-corrected chi connectivity index (χ4v) is 4.17. The maximum Gasteiger partial charge on any atom is 0.277 e. The molecule has 0 bridgehead atoms. The number of benzene rings is 2. The zero-order chi connectivity index (χ0) is 21.1. The van der Waals surface area contributed by atoms with Crippen molar-refractivity contribution in [2.45, 2.75) is 32.4 Å². The molecule has 30 heavy (non-hydrogen) atoms. The molecule has 0 N–H and O–H groups in total. The van der Waals surface area contributed by atoms with E-state index in [9.17, 15) is 9.59 Å². The van der Waals surface area contributed by atoms with Gasteiger partial charge < -0.3 is 9.64 Å². The monoisotopic (exact) mass is 424 g/mol. The molecule has 2 aromatic rings. The van der Waals surface area contributed by atoms with E-state index in [0.717, 1.165) is 18.4 Å². The molecule has 4 rings (SSSR count). The second-order valence-corrected chi connectivity index (χ2v) is 8.02. The van der Waals surface area contributed by atoms with Crippen LogP contribution in [0.3, 0.4) is 0 Å². The van der Waals surface area contributed by atoms with Crippen molar-refractivity contribution >= 4 is 29.0 Å². The average molecular weight is 425 g/mol. The summed E-state index contributed by atoms with van der Waals surface area (Å²) in [5.41, 5.74) is 2.67. The molecule has 0 aromatic heterocycles. The van der Waals surface area contributed by atoms with Gasteiger partial charge in [0, 0.05) is 24.7 Å². The van der Waals surface area contributed by atoms with E-state index in [-0.39, 0.29) is 17.9 Å². The number of rotatable bonds is 7. The van der Waals surface area contributed by atoms with Gasteiger partial charge in [0.25, 0.3) is 11.8 Å². The number of hydrogen-bond donors (Lipinski definition) is 0. The van der Waals surface area contributed by atoms with Crippen molar-refractivity contribution in [3.8, 4) is 0 Å². The Morgan fingerprint density at radius 1 is 1.07 bits per heavy atom. The molecule has 2 aliphatic rings. The van der Waals surface area contributed by atoms with Crippen molar-refractivity contribution in [3.05, 3.63) is 76.4 Å². The lowest BCUT2D eigenvalue weighted by molar-refractivity contribution is -0.139. The molecule has 0 radical (unpaired) electrons. The topological polar surface area (TPSA) is 49.9 Å². The van der Waals surface area contributed by atoms with Gasteiger partial charge in [0.2, 0.25) is 0 Å². The molecule has 6 heteroatoms. The van der Waals surface area contributed by atoms with Gasteiger partial charge in [-0.1, -0.05) is 54.1 Å². The number of hydrogen-bond acceptors (Lipinski definition) is 4. The predicted molar refractivity (Wildman–Crippen MR) is 117 cm³/mol. The molecular weight excluding hydrogens is 400 g/mol. The van der Waals surface area contributed by atoms with E-state index in [0.29, 0.717) is 48.1 Å². The van der Waals surface area contributed by atoms with Crippen LogP contribution in [0.25, 0.3) is 5.57 Å². The molecular formula is C24H25ClN2O3. The summed E-state index contributed by atoms with van der Waals surface area (Å²) in [6.45, 7) is 4.13. The SMILES string of the molecule is CCN(Cc1ccccc1)C1=C(c2ccc(Cl)cc2)C(=O)N(CC2CCCO2)C1=O. The van der Waals surface area contributed by atoms with Gasteiger partial charge in [-0.15, -0.1) is 0 Å². The largest absolute Gasteiger partial charge is 0.376 e. The zero-order valence-corrected chi connectivity index (χ0v) is 17.8. The van der Waals surface area contributed by atoms with Gasteiger partial charge in [-0.25, -0.2) is 0 Å². The first kappa shape index (κ1) is 20.6. The van der Waals surface area contributed by atoms with Crippen molar-refractivity contribution in [3.63, 3.8) is 0 Å². The maximum absolute atomic E-state index is 13.5. The number of amides is 2. The van der Waals surface area contributed by atoms with Gasteiger partial charge in [0.05, 0.1) is 18.2 Å². The molecule has 5 nitrogen and oxygen atoms in total. The summed E-state index contributed by atoms with van der Waals surface area (Å²) in [4.78, 5) is 30.2. The Labute approximate surface area is 181 Å². The van der Waals surface area contributed by atoms with E-state index in [4.69, 9.17) is 16.3 Å². The number of carbonyl (C=O) groups is 2. The molecule has 1 unspecified atom stereocenters. The van der Waals surface area contributed by atoms with Crippen LogP contribution in [0.15, 0.2) is 60.3 Å². The van der Waals surface area contributed by atoms with Gasteiger partial charge in [-0.05, 0) is 43.0 Å². The fourth-order valence-electron chi connectivity index (χ4n) is 4.04. The molecule has 2 heterocycles. The Balaban J connectivity index is 1.72. The zero-order valence-electron chi connectivity index (χ0n) is 17.0. The van der Waals surface area contributed by atoms with Gasteiger partial charge >= 0.3 is 0 Å². The number of carbonyl (C=O) groups excluding carboxylic acids is 2. The van der Waals surface area contributed by atoms with E-state index in [1.54, 1.807) is 24.3 Å². The average Bonchev–Trinajstić information content (AvgIpc) is 3.36. The van der Waals surface area contributed by atoms with E-state index in [1.165, 1.54) is 4.90 Å². The molecule has 2 aromatic carbocycles. The Hall–Kier alpha value is -2.63. The smallest absolute Gasteiger partial charge is 0.277 e. The Morgan fingerprint density at radius 3 is 2.43 bits per heavy atom. The highest BCUT2D eigenvalue weighted by molar-refractivity contribution is 6.36. The third kappa shape index (κ3) is 4.13. The lowest BCUT2D eigenvalue weighted by Gasteiger charge is -2.25. The van der Waals surface area contributed by atoms with Crippen LogP contribution in [0.1, 0.15) is 30.9 Å². The molecule has 2 amide bonds. The number of nitrogens with zero attached hydrogens (tertiary/aromatic N) is 2. The number of likely N-dealkylation sites (N-methyl/N-ethyl adjacent to an activating group) is 1. The van der Waals surface area contributed by atoms with Crippen LogP contribution >= 0.6 is 11.6 Å². The summed E-state index contributed by atoms with van der Waals surface area (Å²) in [7, 11) is 0. The lowest BCUT2D eigenvalue weighted by Crippen LogP contribution is -2.39. The molecule has 0 saturated carbocycles. The van der Waals surface area contributed by atoms with Crippen molar-refractivity contribution in [1.29, 1.82) is 0 Å². The highest BCUT2D eigenvalue weighted by Crippen LogP contribution is 2.33. The third-order valence-corrected chi connectivity index (χ3v) is 5.85. The second kappa shape index (κ2) is 9.02. The minimum atomic E-state index is -0.265. The van der Waals surface area contributed by atoms with Crippen LogP contribution in [0.2, 0.25) is 5.02 Å². The molecule has 156 valence electrons. The van der Waals surface area contributed by atoms with Gasteiger partial charge in [0.1, 0.15) is 5.70 Å². The molecule has 1 fully saturated rings. The van der Waals surface area contributed by atoms with E-state index < -0.39 is 0 Å². The van der Waals surface area contributed by atoms with Crippen LogP contribution in [0, 0.1) is 0 Å². The predicted octanol–water partition coefficient (Wildman–Crippen LogP) is 4.12. The summed E-state index contributed by atoms with van der Waals surface area (Å²) >= 11 is 6.05. The molecule has 0 aliphatic carbocycles. The molecule has 0 spiro atoms. The van der Waals surface area contributed by atoms with Crippen molar-refractivity contribution < 1.29 is 14.3 Å². The first-order chi connectivity index (χ1) is 14.6. The summed E-state index contributed by atoms with van der Waals surface area (Å²) in [5.74, 6) is -0.516. The second-order valence-electron chi connectivity index (χ2n) is 7.59. The minimum Gasteiger partial charge on any atom is -0.376 e.